The van der Waals surface area contributed by atoms with Crippen LogP contribution in [0, 0.1) is 5.41 Å². The first-order valence-electron chi connectivity index (χ1n) is 5.58. The van der Waals surface area contributed by atoms with Crippen molar-refractivity contribution in [2.24, 2.45) is 5.41 Å². The molecule has 2 N–H and O–H groups in total. The summed E-state index contributed by atoms with van der Waals surface area (Å²) in [6, 6.07) is 0. The van der Waals surface area contributed by atoms with Gasteiger partial charge < -0.3 is 15.2 Å². The second kappa shape index (κ2) is 5.83. The van der Waals surface area contributed by atoms with Crippen molar-refractivity contribution in [3.63, 3.8) is 0 Å². The molecule has 0 amide bonds. The smallest absolute Gasteiger partial charge is 0.0897 e. The summed E-state index contributed by atoms with van der Waals surface area (Å²) in [7, 11) is 1.60. The van der Waals surface area contributed by atoms with Crippen LogP contribution in [-0.2, 0) is 4.74 Å². The third-order valence-electron chi connectivity index (χ3n) is 2.15. The lowest BCUT2D eigenvalue weighted by atomic mass is 9.82. The van der Waals surface area contributed by atoms with Crippen molar-refractivity contribution in [3.05, 3.63) is 0 Å². The van der Waals surface area contributed by atoms with Crippen LogP contribution in [0.15, 0.2) is 0 Å². The number of β-amino-alcohol motifs (C(OH)–C–C–N with tert-alkyl or cyclic N) is 1. The van der Waals surface area contributed by atoms with Crippen LogP contribution >= 0.6 is 0 Å². The monoisotopic (exact) mass is 217 g/mol. The molecule has 0 aliphatic heterocycles. The van der Waals surface area contributed by atoms with Crippen molar-refractivity contribution >= 4 is 0 Å². The van der Waals surface area contributed by atoms with E-state index >= 15 is 0 Å². The van der Waals surface area contributed by atoms with Gasteiger partial charge in [0, 0.05) is 19.2 Å². The predicted octanol–water partition coefficient (Wildman–Crippen LogP) is 1.80. The van der Waals surface area contributed by atoms with E-state index in [1.165, 1.54) is 0 Å². The fraction of sp³-hybridized carbons (Fsp3) is 1.00. The Morgan fingerprint density at radius 1 is 1.20 bits per heavy atom. The molecule has 0 aliphatic rings. The van der Waals surface area contributed by atoms with Crippen molar-refractivity contribution in [1.29, 1.82) is 0 Å². The van der Waals surface area contributed by atoms with E-state index < -0.39 is 6.10 Å². The van der Waals surface area contributed by atoms with E-state index in [9.17, 15) is 5.11 Å². The molecule has 0 aliphatic carbocycles. The van der Waals surface area contributed by atoms with E-state index in [1.807, 2.05) is 0 Å². The molecule has 0 saturated heterocycles. The van der Waals surface area contributed by atoms with Crippen LogP contribution in [0.5, 0.6) is 0 Å². The van der Waals surface area contributed by atoms with Gasteiger partial charge in [0.15, 0.2) is 0 Å². The highest BCUT2D eigenvalue weighted by atomic mass is 16.5. The highest BCUT2D eigenvalue weighted by Gasteiger charge is 2.25. The van der Waals surface area contributed by atoms with Crippen LogP contribution in [0.25, 0.3) is 0 Å². The number of rotatable bonds is 6. The van der Waals surface area contributed by atoms with Crippen molar-refractivity contribution in [1.82, 2.24) is 5.32 Å². The molecule has 1 atom stereocenters. The summed E-state index contributed by atoms with van der Waals surface area (Å²) in [6.07, 6.45) is 0.647. The fourth-order valence-electron chi connectivity index (χ4n) is 2.03. The van der Waals surface area contributed by atoms with E-state index in [2.05, 4.69) is 39.9 Å². The van der Waals surface area contributed by atoms with E-state index in [1.54, 1.807) is 7.11 Å². The zero-order valence-corrected chi connectivity index (χ0v) is 11.1. The van der Waals surface area contributed by atoms with Gasteiger partial charge in [-0.05, 0) is 25.7 Å². The molecule has 0 aromatic rings. The molecule has 0 bridgehead atoms. The number of nitrogens with one attached hydrogen (secondary N) is 1. The first kappa shape index (κ1) is 14.9. The van der Waals surface area contributed by atoms with Gasteiger partial charge in [0.2, 0.25) is 0 Å². The number of aliphatic hydroxyl groups is 1. The van der Waals surface area contributed by atoms with Gasteiger partial charge >= 0.3 is 0 Å². The topological polar surface area (TPSA) is 41.5 Å². The van der Waals surface area contributed by atoms with E-state index in [0.717, 1.165) is 6.42 Å². The summed E-state index contributed by atoms with van der Waals surface area (Å²) >= 11 is 0. The molecule has 1 unspecified atom stereocenters. The molecule has 3 heteroatoms. The maximum Gasteiger partial charge on any atom is 0.0897 e. The van der Waals surface area contributed by atoms with Gasteiger partial charge in [0.25, 0.3) is 0 Å². The number of hydrogen-bond donors (Lipinski definition) is 2. The molecule has 0 aromatic heterocycles. The SMILES string of the molecule is COCC(O)CNC(C)(C)CC(C)(C)C. The Kier molecular flexibility index (Phi) is 5.78. The van der Waals surface area contributed by atoms with Crippen molar-refractivity contribution in [2.75, 3.05) is 20.3 Å². The predicted molar refractivity (Wildman–Crippen MR) is 64.0 cm³/mol. The normalized spacial score (nSPS) is 15.4. The second-order valence-electron chi connectivity index (χ2n) is 6.11. The van der Waals surface area contributed by atoms with Crippen molar-refractivity contribution < 1.29 is 9.84 Å². The van der Waals surface area contributed by atoms with Crippen LogP contribution in [0.4, 0.5) is 0 Å². The van der Waals surface area contributed by atoms with Crippen LogP contribution < -0.4 is 5.32 Å². The molecule has 92 valence electrons. The minimum Gasteiger partial charge on any atom is -0.389 e. The molecule has 0 radical (unpaired) electrons. The van der Waals surface area contributed by atoms with Gasteiger partial charge in [-0.2, -0.15) is 0 Å². The molecule has 15 heavy (non-hydrogen) atoms. The van der Waals surface area contributed by atoms with Gasteiger partial charge in [0.05, 0.1) is 12.7 Å². The van der Waals surface area contributed by atoms with Crippen molar-refractivity contribution in [3.8, 4) is 0 Å². The Morgan fingerprint density at radius 3 is 2.13 bits per heavy atom. The number of ether oxygens (including phenoxy) is 1. The van der Waals surface area contributed by atoms with Gasteiger partial charge in [-0.1, -0.05) is 20.8 Å². The Balaban J connectivity index is 3.93. The average molecular weight is 217 g/mol. The number of methoxy groups -OCH3 is 1. The second-order valence-corrected chi connectivity index (χ2v) is 6.11. The first-order chi connectivity index (χ1) is 6.66. The van der Waals surface area contributed by atoms with E-state index in [-0.39, 0.29) is 5.54 Å². The molecule has 0 heterocycles. The number of aliphatic hydroxyl groups excluding tert-OH is 1. The van der Waals surface area contributed by atoms with E-state index in [4.69, 9.17) is 4.74 Å². The minimum absolute atomic E-state index is 0.0486. The van der Waals surface area contributed by atoms with Gasteiger partial charge in [-0.3, -0.25) is 0 Å². The highest BCUT2D eigenvalue weighted by Crippen LogP contribution is 2.26. The van der Waals surface area contributed by atoms with E-state index in [0.29, 0.717) is 18.6 Å². The largest absolute Gasteiger partial charge is 0.389 e. The zero-order chi connectivity index (χ0) is 12.1. The Bertz CT molecular complexity index is 173. The molecule has 0 saturated carbocycles. The van der Waals surface area contributed by atoms with Gasteiger partial charge in [-0.25, -0.2) is 0 Å². The summed E-state index contributed by atoms with van der Waals surface area (Å²) in [5.41, 5.74) is 0.343. The van der Waals surface area contributed by atoms with Crippen LogP contribution in [-0.4, -0.2) is 37.0 Å². The lowest BCUT2D eigenvalue weighted by Crippen LogP contribution is -2.46. The average Bonchev–Trinajstić information content (AvgIpc) is 1.97. The molecule has 3 nitrogen and oxygen atoms in total. The maximum absolute atomic E-state index is 9.52. The fourth-order valence-corrected chi connectivity index (χ4v) is 2.03. The summed E-state index contributed by atoms with van der Waals surface area (Å²) in [6.45, 7) is 12.0. The van der Waals surface area contributed by atoms with Crippen LogP contribution in [0.1, 0.15) is 41.0 Å². The highest BCUT2D eigenvalue weighted by molar-refractivity contribution is 4.83. The Morgan fingerprint density at radius 2 is 1.73 bits per heavy atom. The molecule has 0 spiro atoms. The molecular formula is C12H27NO2. The molecule has 0 rings (SSSR count). The summed E-state index contributed by atoms with van der Waals surface area (Å²) in [5.74, 6) is 0. The standard InChI is InChI=1S/C12H27NO2/c1-11(2,3)9-12(4,5)13-7-10(14)8-15-6/h10,13-14H,7-9H2,1-6H3. The first-order valence-corrected chi connectivity index (χ1v) is 5.58. The Labute approximate surface area is 94.2 Å². The summed E-state index contributed by atoms with van der Waals surface area (Å²) in [4.78, 5) is 0. The maximum atomic E-state index is 9.52. The number of hydrogen-bond acceptors (Lipinski definition) is 3. The third-order valence-corrected chi connectivity index (χ3v) is 2.15. The molecular weight excluding hydrogens is 190 g/mol. The minimum atomic E-state index is -0.422. The zero-order valence-electron chi connectivity index (χ0n) is 11.1. The summed E-state index contributed by atoms with van der Waals surface area (Å²) in [5, 5.41) is 12.9. The summed E-state index contributed by atoms with van der Waals surface area (Å²) < 4.78 is 4.88. The molecule has 0 fully saturated rings. The van der Waals surface area contributed by atoms with Crippen LogP contribution in [0.3, 0.4) is 0 Å². The Hall–Kier alpha value is -0.120. The third kappa shape index (κ3) is 8.85. The quantitative estimate of drug-likeness (QED) is 0.713. The van der Waals surface area contributed by atoms with Crippen molar-refractivity contribution in [2.45, 2.75) is 52.7 Å². The van der Waals surface area contributed by atoms with Gasteiger partial charge in [0.1, 0.15) is 0 Å². The lowest BCUT2D eigenvalue weighted by Gasteiger charge is -2.34. The van der Waals surface area contributed by atoms with Gasteiger partial charge in [-0.15, -0.1) is 0 Å². The molecule has 0 aromatic carbocycles. The lowest BCUT2D eigenvalue weighted by molar-refractivity contribution is 0.0575. The van der Waals surface area contributed by atoms with Crippen LogP contribution in [0.2, 0.25) is 0 Å².